The molecular weight excluding hydrogens is 373 g/mol. The third-order valence-electron chi connectivity index (χ3n) is 3.46. The van der Waals surface area contributed by atoms with Gasteiger partial charge in [0.05, 0.1) is 5.02 Å². The van der Waals surface area contributed by atoms with Crippen LogP contribution in [0.25, 0.3) is 0 Å². The normalized spacial score (nSPS) is 10.4. The fourth-order valence-electron chi connectivity index (χ4n) is 2.17. The van der Waals surface area contributed by atoms with Gasteiger partial charge in [-0.25, -0.2) is 9.37 Å². The van der Waals surface area contributed by atoms with Crippen LogP contribution in [0.15, 0.2) is 66.9 Å². The molecule has 1 amide bonds. The highest BCUT2D eigenvalue weighted by molar-refractivity contribution is 7.99. The molecule has 2 N–H and O–H groups in total. The van der Waals surface area contributed by atoms with Crippen LogP contribution >= 0.6 is 23.5 Å². The first-order valence-corrected chi connectivity index (χ1v) is 9.12. The second-order valence-corrected chi connectivity index (χ2v) is 6.58. The highest BCUT2D eigenvalue weighted by atomic mass is 35.5. The first kappa shape index (κ1) is 18.2. The maximum atomic E-state index is 13.2. The van der Waals surface area contributed by atoms with E-state index in [9.17, 15) is 9.18 Å². The van der Waals surface area contributed by atoms with Gasteiger partial charge in [-0.2, -0.15) is 0 Å². The van der Waals surface area contributed by atoms with Crippen molar-refractivity contribution in [3.63, 3.8) is 0 Å². The van der Waals surface area contributed by atoms with E-state index in [1.165, 1.54) is 35.7 Å². The number of benzene rings is 2. The molecule has 4 nitrogen and oxygen atoms in total. The number of anilines is 2. The third-order valence-corrected chi connectivity index (χ3v) is 4.58. The summed E-state index contributed by atoms with van der Waals surface area (Å²) < 4.78 is 16.3. The molecule has 26 heavy (non-hydrogen) atoms. The van der Waals surface area contributed by atoms with Crippen molar-refractivity contribution in [2.24, 2.45) is 0 Å². The number of amides is 1. The molecule has 3 rings (SSSR count). The molecular formula is C19H15ClFN3OS. The van der Waals surface area contributed by atoms with E-state index >= 15 is 0 Å². The van der Waals surface area contributed by atoms with Gasteiger partial charge in [0.1, 0.15) is 11.6 Å². The number of hydrogen-bond donors (Lipinski definition) is 2. The number of halogens is 2. The number of aromatic nitrogens is 1. The molecule has 0 fully saturated rings. The lowest BCUT2D eigenvalue weighted by Gasteiger charge is -2.08. The number of hydrogen-bond acceptors (Lipinski definition) is 4. The summed E-state index contributed by atoms with van der Waals surface area (Å²) in [5, 5.41) is 2.64. The zero-order valence-electron chi connectivity index (χ0n) is 13.6. The van der Waals surface area contributed by atoms with Crippen molar-refractivity contribution >= 4 is 41.0 Å². The van der Waals surface area contributed by atoms with Gasteiger partial charge in [0.15, 0.2) is 0 Å². The van der Waals surface area contributed by atoms with E-state index in [1.54, 1.807) is 18.3 Å². The lowest BCUT2D eigenvalue weighted by molar-refractivity contribution is 0.102. The molecule has 7 heteroatoms. The Morgan fingerprint density at radius 2 is 1.92 bits per heavy atom. The summed E-state index contributed by atoms with van der Waals surface area (Å²) in [4.78, 5) is 16.6. The van der Waals surface area contributed by atoms with Crippen LogP contribution in [-0.2, 0) is 5.75 Å². The molecule has 1 heterocycles. The number of carbonyl (C=O) groups excluding carboxylic acids is 1. The first-order chi connectivity index (χ1) is 12.6. The summed E-state index contributed by atoms with van der Waals surface area (Å²) in [6.45, 7) is 0. The van der Waals surface area contributed by atoms with Gasteiger partial charge in [-0.15, -0.1) is 0 Å². The van der Waals surface area contributed by atoms with Gasteiger partial charge in [0, 0.05) is 23.2 Å². The minimum absolute atomic E-state index is 0.0443. The molecule has 1 aromatic heterocycles. The van der Waals surface area contributed by atoms with Gasteiger partial charge < -0.3 is 10.0 Å². The second-order valence-electron chi connectivity index (χ2n) is 5.39. The summed E-state index contributed by atoms with van der Waals surface area (Å²) in [6, 6.07) is 17.3. The van der Waals surface area contributed by atoms with Crippen LogP contribution < -0.4 is 10.0 Å². The van der Waals surface area contributed by atoms with Gasteiger partial charge in [-0.1, -0.05) is 41.9 Å². The van der Waals surface area contributed by atoms with Crippen molar-refractivity contribution in [2.75, 3.05) is 10.0 Å². The van der Waals surface area contributed by atoms with Gasteiger partial charge in [0.2, 0.25) is 0 Å². The van der Waals surface area contributed by atoms with E-state index in [0.29, 0.717) is 17.1 Å². The standard InChI is InChI=1S/C19H15ClFN3OS/c20-16-11-15(6-7-17(16)21)23-19(25)14-8-9-22-18(10-14)24-26-12-13-4-2-1-3-5-13/h1-11H,12H2,(H,22,24)(H,23,25). The lowest BCUT2D eigenvalue weighted by atomic mass is 10.2. The van der Waals surface area contributed by atoms with Crippen molar-refractivity contribution in [2.45, 2.75) is 5.75 Å². The summed E-state index contributed by atoms with van der Waals surface area (Å²) >= 11 is 7.21. The molecule has 0 aliphatic carbocycles. The average Bonchev–Trinajstić information content (AvgIpc) is 2.66. The maximum absolute atomic E-state index is 13.2. The summed E-state index contributed by atoms with van der Waals surface area (Å²) in [5.74, 6) is 0.491. The Balaban J connectivity index is 1.60. The Kier molecular flexibility index (Phi) is 6.09. The predicted octanol–water partition coefficient (Wildman–Crippen LogP) is 5.39. The molecule has 0 saturated heterocycles. The monoisotopic (exact) mass is 387 g/mol. The summed E-state index contributed by atoms with van der Waals surface area (Å²) in [5.41, 5.74) is 2.04. The van der Waals surface area contributed by atoms with Crippen LogP contribution in [0.2, 0.25) is 5.02 Å². The first-order valence-electron chi connectivity index (χ1n) is 7.76. The van der Waals surface area contributed by atoms with Crippen LogP contribution in [0.5, 0.6) is 0 Å². The molecule has 0 radical (unpaired) electrons. The van der Waals surface area contributed by atoms with Gasteiger partial charge in [-0.05, 0) is 47.8 Å². The van der Waals surface area contributed by atoms with Crippen molar-refractivity contribution < 1.29 is 9.18 Å². The minimum Gasteiger partial charge on any atom is -0.322 e. The zero-order chi connectivity index (χ0) is 18.4. The summed E-state index contributed by atoms with van der Waals surface area (Å²) in [7, 11) is 0. The Morgan fingerprint density at radius 1 is 1.12 bits per heavy atom. The Morgan fingerprint density at radius 3 is 2.69 bits per heavy atom. The minimum atomic E-state index is -0.532. The number of nitrogens with zero attached hydrogens (tertiary/aromatic N) is 1. The van der Waals surface area contributed by atoms with E-state index in [1.807, 2.05) is 30.3 Å². The fourth-order valence-corrected chi connectivity index (χ4v) is 3.04. The SMILES string of the molecule is O=C(Nc1ccc(F)c(Cl)c1)c1ccnc(NSCc2ccccc2)c1. The number of carbonyl (C=O) groups is 1. The predicted molar refractivity (Wildman–Crippen MR) is 105 cm³/mol. The topological polar surface area (TPSA) is 54.0 Å². The summed E-state index contributed by atoms with van der Waals surface area (Å²) in [6.07, 6.45) is 1.55. The lowest BCUT2D eigenvalue weighted by Crippen LogP contribution is -2.12. The highest BCUT2D eigenvalue weighted by Crippen LogP contribution is 2.21. The largest absolute Gasteiger partial charge is 0.322 e. The maximum Gasteiger partial charge on any atom is 0.255 e. The smallest absolute Gasteiger partial charge is 0.255 e. The Bertz CT molecular complexity index is 908. The molecule has 3 aromatic rings. The van der Waals surface area contributed by atoms with Crippen molar-refractivity contribution in [3.8, 4) is 0 Å². The molecule has 0 aliphatic heterocycles. The Hall–Kier alpha value is -2.57. The van der Waals surface area contributed by atoms with E-state index in [4.69, 9.17) is 11.6 Å². The van der Waals surface area contributed by atoms with Gasteiger partial charge >= 0.3 is 0 Å². The fraction of sp³-hybridized carbons (Fsp3) is 0.0526. The van der Waals surface area contributed by atoms with E-state index in [-0.39, 0.29) is 10.9 Å². The molecule has 0 unspecified atom stereocenters. The molecule has 0 spiro atoms. The molecule has 0 bridgehead atoms. The van der Waals surface area contributed by atoms with Crippen molar-refractivity contribution in [3.05, 3.63) is 88.8 Å². The van der Waals surface area contributed by atoms with E-state index in [0.717, 1.165) is 5.75 Å². The number of nitrogens with one attached hydrogen (secondary N) is 2. The van der Waals surface area contributed by atoms with Crippen LogP contribution in [0, 0.1) is 5.82 Å². The molecule has 0 aliphatic rings. The third kappa shape index (κ3) is 4.97. The zero-order valence-corrected chi connectivity index (χ0v) is 15.2. The molecule has 0 saturated carbocycles. The average molecular weight is 388 g/mol. The van der Waals surface area contributed by atoms with E-state index < -0.39 is 5.82 Å². The Labute approximate surface area is 159 Å². The van der Waals surface area contributed by atoms with Gasteiger partial charge in [-0.3, -0.25) is 4.79 Å². The van der Waals surface area contributed by atoms with Crippen LogP contribution in [0.4, 0.5) is 15.9 Å². The van der Waals surface area contributed by atoms with Crippen molar-refractivity contribution in [1.29, 1.82) is 0 Å². The quantitative estimate of drug-likeness (QED) is 0.557. The van der Waals surface area contributed by atoms with E-state index in [2.05, 4.69) is 15.0 Å². The van der Waals surface area contributed by atoms with Crippen LogP contribution in [0.3, 0.4) is 0 Å². The highest BCUT2D eigenvalue weighted by Gasteiger charge is 2.09. The van der Waals surface area contributed by atoms with Gasteiger partial charge in [0.25, 0.3) is 5.91 Å². The molecule has 2 aromatic carbocycles. The number of pyridine rings is 1. The van der Waals surface area contributed by atoms with Crippen LogP contribution in [0.1, 0.15) is 15.9 Å². The van der Waals surface area contributed by atoms with Crippen molar-refractivity contribution in [1.82, 2.24) is 4.98 Å². The molecule has 0 atom stereocenters. The molecule has 132 valence electrons. The van der Waals surface area contributed by atoms with Crippen LogP contribution in [-0.4, -0.2) is 10.9 Å². The second kappa shape index (κ2) is 8.69. The number of rotatable bonds is 6.